The Kier molecular flexibility index (Phi) is 2.88. The third-order valence-electron chi connectivity index (χ3n) is 3.06. The van der Waals surface area contributed by atoms with Crippen LogP contribution >= 0.6 is 0 Å². The van der Waals surface area contributed by atoms with Crippen LogP contribution in [0.25, 0.3) is 0 Å². The number of piperidine rings is 1. The fourth-order valence-corrected chi connectivity index (χ4v) is 2.47. The van der Waals surface area contributed by atoms with Gasteiger partial charge in [-0.1, -0.05) is 0 Å². The maximum Gasteiger partial charge on any atom is 0.410 e. The molecule has 84 valence electrons. The molecule has 0 N–H and O–H groups in total. The van der Waals surface area contributed by atoms with Crippen molar-refractivity contribution in [3.63, 3.8) is 0 Å². The molecule has 2 fully saturated rings. The Morgan fingerprint density at radius 2 is 2.00 bits per heavy atom. The Labute approximate surface area is 87.4 Å². The standard InChI is InChI=1S/C10H14FNO3/c11-3-4-15-10(14)12-7-1-2-8(12)6-9(13)5-7/h7-8H,1-6H2. The molecular weight excluding hydrogens is 201 g/mol. The Balaban J connectivity index is 1.98. The molecular formula is C10H14FNO3. The van der Waals surface area contributed by atoms with Crippen LogP contribution in [0, 0.1) is 0 Å². The predicted octanol–water partition coefficient (Wildman–Crippen LogP) is 1.29. The molecule has 0 radical (unpaired) electrons. The van der Waals surface area contributed by atoms with Gasteiger partial charge in [0.2, 0.25) is 0 Å². The minimum absolute atomic E-state index is 0.0108. The molecule has 0 aromatic rings. The van der Waals surface area contributed by atoms with Gasteiger partial charge in [0.1, 0.15) is 19.1 Å². The molecule has 15 heavy (non-hydrogen) atoms. The van der Waals surface area contributed by atoms with Gasteiger partial charge in [0.25, 0.3) is 0 Å². The molecule has 2 heterocycles. The normalized spacial score (nSPS) is 29.4. The first-order chi connectivity index (χ1) is 7.22. The molecule has 4 nitrogen and oxygen atoms in total. The minimum Gasteiger partial charge on any atom is -0.447 e. The monoisotopic (exact) mass is 215 g/mol. The van der Waals surface area contributed by atoms with Crippen LogP contribution < -0.4 is 0 Å². The van der Waals surface area contributed by atoms with Crippen LogP contribution in [0.2, 0.25) is 0 Å². The Bertz CT molecular complexity index is 266. The van der Waals surface area contributed by atoms with Crippen LogP contribution in [0.4, 0.5) is 9.18 Å². The lowest BCUT2D eigenvalue weighted by molar-refractivity contribution is -0.123. The van der Waals surface area contributed by atoms with E-state index in [0.29, 0.717) is 12.8 Å². The summed E-state index contributed by atoms with van der Waals surface area (Å²) in [5, 5.41) is 0. The number of halogens is 1. The van der Waals surface area contributed by atoms with Crippen molar-refractivity contribution in [1.82, 2.24) is 4.90 Å². The average molecular weight is 215 g/mol. The number of ketones is 1. The quantitative estimate of drug-likeness (QED) is 0.697. The summed E-state index contributed by atoms with van der Waals surface area (Å²) < 4.78 is 16.6. The van der Waals surface area contributed by atoms with E-state index in [1.807, 2.05) is 0 Å². The van der Waals surface area contributed by atoms with Crippen molar-refractivity contribution in [1.29, 1.82) is 0 Å². The van der Waals surface area contributed by atoms with Gasteiger partial charge in [0.15, 0.2) is 0 Å². The van der Waals surface area contributed by atoms with Gasteiger partial charge >= 0.3 is 6.09 Å². The van der Waals surface area contributed by atoms with E-state index in [2.05, 4.69) is 0 Å². The summed E-state index contributed by atoms with van der Waals surface area (Å²) >= 11 is 0. The van der Waals surface area contributed by atoms with Crippen molar-refractivity contribution in [2.45, 2.75) is 37.8 Å². The van der Waals surface area contributed by atoms with Crippen molar-refractivity contribution >= 4 is 11.9 Å². The van der Waals surface area contributed by atoms with Crippen LogP contribution in [0.15, 0.2) is 0 Å². The zero-order valence-corrected chi connectivity index (χ0v) is 8.45. The number of alkyl halides is 1. The zero-order chi connectivity index (χ0) is 10.8. The number of carbonyl (C=O) groups is 2. The Hall–Kier alpha value is -1.13. The van der Waals surface area contributed by atoms with Gasteiger partial charge < -0.3 is 9.64 Å². The first kappa shape index (κ1) is 10.4. The first-order valence-electron chi connectivity index (χ1n) is 5.25. The highest BCUT2D eigenvalue weighted by molar-refractivity contribution is 5.83. The highest BCUT2D eigenvalue weighted by Crippen LogP contribution is 2.34. The predicted molar refractivity (Wildman–Crippen MR) is 50.2 cm³/mol. The van der Waals surface area contributed by atoms with Gasteiger partial charge in [0, 0.05) is 24.9 Å². The second kappa shape index (κ2) is 4.16. The Morgan fingerprint density at radius 3 is 2.53 bits per heavy atom. The molecule has 2 aliphatic rings. The lowest BCUT2D eigenvalue weighted by atomic mass is 10.0. The number of amides is 1. The van der Waals surface area contributed by atoms with Crippen LogP contribution in [0.1, 0.15) is 25.7 Å². The molecule has 2 saturated heterocycles. The van der Waals surface area contributed by atoms with Gasteiger partial charge in [-0.05, 0) is 12.8 Å². The second-order valence-corrected chi connectivity index (χ2v) is 4.04. The number of hydrogen-bond donors (Lipinski definition) is 0. The first-order valence-corrected chi connectivity index (χ1v) is 5.25. The molecule has 2 aliphatic heterocycles. The number of rotatable bonds is 2. The van der Waals surface area contributed by atoms with Crippen LogP contribution in [-0.2, 0) is 9.53 Å². The molecule has 0 aromatic heterocycles. The summed E-state index contributed by atoms with van der Waals surface area (Å²) in [7, 11) is 0. The summed E-state index contributed by atoms with van der Waals surface area (Å²) in [6.45, 7) is -0.851. The number of carbonyl (C=O) groups excluding carboxylic acids is 2. The van der Waals surface area contributed by atoms with E-state index in [1.165, 1.54) is 0 Å². The SMILES string of the molecule is O=C1CC2CCC(C1)N2C(=O)OCCF. The van der Waals surface area contributed by atoms with Crippen molar-refractivity contribution in [2.24, 2.45) is 0 Å². The molecule has 2 rings (SSSR count). The fraction of sp³-hybridized carbons (Fsp3) is 0.800. The summed E-state index contributed by atoms with van der Waals surface area (Å²) in [6.07, 6.45) is 2.12. The molecule has 2 unspecified atom stereocenters. The smallest absolute Gasteiger partial charge is 0.410 e. The van der Waals surface area contributed by atoms with Gasteiger partial charge in [-0.3, -0.25) is 4.79 Å². The summed E-state index contributed by atoms with van der Waals surface area (Å²) in [5.74, 6) is 0.219. The van der Waals surface area contributed by atoms with Crippen molar-refractivity contribution in [2.75, 3.05) is 13.3 Å². The highest BCUT2D eigenvalue weighted by Gasteiger charge is 2.43. The van der Waals surface area contributed by atoms with E-state index in [9.17, 15) is 14.0 Å². The van der Waals surface area contributed by atoms with Crippen LogP contribution in [-0.4, -0.2) is 42.1 Å². The lowest BCUT2D eigenvalue weighted by Crippen LogP contribution is -2.47. The van der Waals surface area contributed by atoms with Gasteiger partial charge in [-0.25, -0.2) is 9.18 Å². The maximum absolute atomic E-state index is 11.8. The minimum atomic E-state index is -0.659. The third-order valence-corrected chi connectivity index (χ3v) is 3.06. The molecule has 0 aromatic carbocycles. The van der Waals surface area contributed by atoms with Crippen molar-refractivity contribution in [3.05, 3.63) is 0 Å². The van der Waals surface area contributed by atoms with E-state index >= 15 is 0 Å². The molecule has 2 atom stereocenters. The van der Waals surface area contributed by atoms with E-state index in [4.69, 9.17) is 4.74 Å². The topological polar surface area (TPSA) is 46.6 Å². The molecule has 1 amide bonds. The summed E-state index contributed by atoms with van der Waals surface area (Å²) in [5.41, 5.74) is 0. The van der Waals surface area contributed by atoms with Gasteiger partial charge in [0.05, 0.1) is 0 Å². The average Bonchev–Trinajstić information content (AvgIpc) is 2.48. The highest BCUT2D eigenvalue weighted by atomic mass is 19.1. The van der Waals surface area contributed by atoms with Crippen LogP contribution in [0.3, 0.4) is 0 Å². The van der Waals surface area contributed by atoms with Crippen LogP contribution in [0.5, 0.6) is 0 Å². The number of nitrogens with zero attached hydrogens (tertiary/aromatic N) is 1. The summed E-state index contributed by atoms with van der Waals surface area (Å²) in [4.78, 5) is 24.4. The van der Waals surface area contributed by atoms with Gasteiger partial charge in [-0.2, -0.15) is 0 Å². The zero-order valence-electron chi connectivity index (χ0n) is 8.45. The van der Waals surface area contributed by atoms with E-state index in [1.54, 1.807) is 4.90 Å². The largest absolute Gasteiger partial charge is 0.447 e. The number of Topliss-reactive ketones (excluding diaryl/α,β-unsaturated/α-hetero) is 1. The van der Waals surface area contributed by atoms with Crippen molar-refractivity contribution < 1.29 is 18.7 Å². The Morgan fingerprint density at radius 1 is 1.40 bits per heavy atom. The number of fused-ring (bicyclic) bond motifs is 2. The molecule has 0 spiro atoms. The molecule has 0 aliphatic carbocycles. The number of hydrogen-bond acceptors (Lipinski definition) is 3. The van der Waals surface area contributed by atoms with E-state index in [-0.39, 0.29) is 24.5 Å². The molecule has 2 bridgehead atoms. The van der Waals surface area contributed by atoms with E-state index in [0.717, 1.165) is 12.8 Å². The molecule has 5 heteroatoms. The third kappa shape index (κ3) is 1.96. The lowest BCUT2D eigenvalue weighted by Gasteiger charge is -2.32. The van der Waals surface area contributed by atoms with Gasteiger partial charge in [-0.15, -0.1) is 0 Å². The second-order valence-electron chi connectivity index (χ2n) is 4.04. The van der Waals surface area contributed by atoms with E-state index < -0.39 is 12.8 Å². The number of ether oxygens (including phenoxy) is 1. The maximum atomic E-state index is 11.8. The molecule has 0 saturated carbocycles. The summed E-state index contributed by atoms with van der Waals surface area (Å²) in [6, 6.07) is -0.0216. The fourth-order valence-electron chi connectivity index (χ4n) is 2.47. The van der Waals surface area contributed by atoms with Crippen molar-refractivity contribution in [3.8, 4) is 0 Å².